The van der Waals surface area contributed by atoms with Gasteiger partial charge in [0.25, 0.3) is 0 Å². The molecule has 1 aliphatic rings. The molecule has 144 valence electrons. The molecule has 0 aliphatic carbocycles. The summed E-state index contributed by atoms with van der Waals surface area (Å²) in [5, 5.41) is 8.60. The molecular formula is C22H24N4O2. The molecule has 0 atom stereocenters. The van der Waals surface area contributed by atoms with Gasteiger partial charge in [0.15, 0.2) is 11.6 Å². The summed E-state index contributed by atoms with van der Waals surface area (Å²) in [6.45, 7) is 2.27. The second-order valence-electron chi connectivity index (χ2n) is 7.20. The summed E-state index contributed by atoms with van der Waals surface area (Å²) in [5.41, 5.74) is 1.88. The maximum absolute atomic E-state index is 12.8. The molecule has 4 rings (SSSR count). The molecular weight excluding hydrogens is 352 g/mol. The zero-order chi connectivity index (χ0) is 19.3. The van der Waals surface area contributed by atoms with E-state index in [0.29, 0.717) is 12.3 Å². The molecule has 1 aliphatic heterocycles. The van der Waals surface area contributed by atoms with Crippen molar-refractivity contribution in [2.45, 2.75) is 19.4 Å². The maximum Gasteiger partial charge on any atom is 0.225 e. The fraction of sp³-hybridized carbons (Fsp3) is 0.318. The van der Waals surface area contributed by atoms with E-state index >= 15 is 0 Å². The molecule has 0 spiro atoms. The molecule has 0 N–H and O–H groups in total. The van der Waals surface area contributed by atoms with E-state index in [1.54, 1.807) is 6.26 Å². The van der Waals surface area contributed by atoms with Crippen molar-refractivity contribution in [1.29, 1.82) is 0 Å². The number of nitrogens with zero attached hydrogens (tertiary/aromatic N) is 4. The highest BCUT2D eigenvalue weighted by Gasteiger charge is 2.28. The van der Waals surface area contributed by atoms with Crippen LogP contribution in [0.2, 0.25) is 0 Å². The summed E-state index contributed by atoms with van der Waals surface area (Å²) >= 11 is 0. The van der Waals surface area contributed by atoms with Gasteiger partial charge < -0.3 is 14.2 Å². The van der Waals surface area contributed by atoms with E-state index in [1.165, 1.54) is 0 Å². The molecule has 0 radical (unpaired) electrons. The Kier molecular flexibility index (Phi) is 5.37. The Morgan fingerprint density at radius 3 is 2.50 bits per heavy atom. The van der Waals surface area contributed by atoms with E-state index in [1.807, 2.05) is 54.4 Å². The molecule has 0 saturated carbocycles. The quantitative estimate of drug-likeness (QED) is 0.681. The molecule has 6 nitrogen and oxygen atoms in total. The van der Waals surface area contributed by atoms with Crippen molar-refractivity contribution in [3.8, 4) is 11.5 Å². The van der Waals surface area contributed by atoms with Crippen LogP contribution in [0.3, 0.4) is 0 Å². The lowest BCUT2D eigenvalue weighted by Gasteiger charge is -2.33. The average molecular weight is 376 g/mol. The summed E-state index contributed by atoms with van der Waals surface area (Å²) in [5.74, 6) is 1.85. The Morgan fingerprint density at radius 1 is 1.07 bits per heavy atom. The van der Waals surface area contributed by atoms with Gasteiger partial charge in [0, 0.05) is 32.6 Å². The van der Waals surface area contributed by atoms with Crippen LogP contribution >= 0.6 is 0 Å². The fourth-order valence-electron chi connectivity index (χ4n) is 3.65. The van der Waals surface area contributed by atoms with Crippen LogP contribution in [-0.2, 0) is 11.3 Å². The van der Waals surface area contributed by atoms with Crippen LogP contribution in [0.25, 0.3) is 11.5 Å². The number of hydrogen-bond acceptors (Lipinski definition) is 5. The van der Waals surface area contributed by atoms with E-state index in [2.05, 4.69) is 27.2 Å². The third kappa shape index (κ3) is 4.06. The van der Waals surface area contributed by atoms with Crippen LogP contribution in [0, 0.1) is 5.92 Å². The van der Waals surface area contributed by atoms with Crippen molar-refractivity contribution in [1.82, 2.24) is 15.1 Å². The van der Waals surface area contributed by atoms with Gasteiger partial charge in [0.05, 0.1) is 6.26 Å². The zero-order valence-electron chi connectivity index (χ0n) is 16.0. The molecule has 28 heavy (non-hydrogen) atoms. The Balaban J connectivity index is 1.32. The van der Waals surface area contributed by atoms with Crippen LogP contribution in [0.1, 0.15) is 18.4 Å². The van der Waals surface area contributed by atoms with Crippen LogP contribution in [0.15, 0.2) is 65.3 Å². The van der Waals surface area contributed by atoms with Crippen molar-refractivity contribution in [2.75, 3.05) is 25.0 Å². The van der Waals surface area contributed by atoms with Gasteiger partial charge in [-0.3, -0.25) is 4.79 Å². The van der Waals surface area contributed by atoms with Gasteiger partial charge in [-0.1, -0.05) is 30.3 Å². The number of carbonyl (C=O) groups is 1. The van der Waals surface area contributed by atoms with Crippen molar-refractivity contribution in [3.05, 3.63) is 66.4 Å². The molecule has 1 aromatic carbocycles. The number of rotatable bonds is 5. The molecule has 1 amide bonds. The molecule has 3 heterocycles. The van der Waals surface area contributed by atoms with Gasteiger partial charge in [-0.05, 0) is 42.7 Å². The summed E-state index contributed by atoms with van der Waals surface area (Å²) < 4.78 is 5.35. The van der Waals surface area contributed by atoms with Crippen molar-refractivity contribution >= 4 is 11.7 Å². The summed E-state index contributed by atoms with van der Waals surface area (Å²) in [7, 11) is 1.89. The lowest BCUT2D eigenvalue weighted by molar-refractivity contribution is -0.135. The topological polar surface area (TPSA) is 62.5 Å². The molecule has 1 fully saturated rings. The highest BCUT2D eigenvalue weighted by atomic mass is 16.3. The number of furan rings is 1. The minimum absolute atomic E-state index is 0.0697. The number of hydrogen-bond donors (Lipinski definition) is 0. The number of amides is 1. The van der Waals surface area contributed by atoms with Crippen LogP contribution in [0.4, 0.5) is 5.82 Å². The van der Waals surface area contributed by atoms with E-state index < -0.39 is 0 Å². The van der Waals surface area contributed by atoms with Gasteiger partial charge in [0.1, 0.15) is 5.69 Å². The van der Waals surface area contributed by atoms with Crippen LogP contribution in [0.5, 0.6) is 0 Å². The Labute approximate surface area is 164 Å². The van der Waals surface area contributed by atoms with Gasteiger partial charge in [0.2, 0.25) is 5.91 Å². The minimum atomic E-state index is 0.0697. The first kappa shape index (κ1) is 18.2. The Morgan fingerprint density at radius 2 is 1.86 bits per heavy atom. The first-order valence-electron chi connectivity index (χ1n) is 9.62. The SMILES string of the molecule is CN(Cc1ccccc1)C(=O)C1CCN(c2ccc(-c3ccco3)nn2)CC1. The smallest absolute Gasteiger partial charge is 0.225 e. The van der Waals surface area contributed by atoms with Crippen LogP contribution in [-0.4, -0.2) is 41.1 Å². The number of benzene rings is 1. The lowest BCUT2D eigenvalue weighted by Crippen LogP contribution is -2.41. The Hall–Kier alpha value is -3.15. The predicted octanol–water partition coefficient (Wildman–Crippen LogP) is 3.61. The second-order valence-corrected chi connectivity index (χ2v) is 7.20. The van der Waals surface area contributed by atoms with Gasteiger partial charge in [-0.25, -0.2) is 0 Å². The monoisotopic (exact) mass is 376 g/mol. The Bertz CT molecular complexity index is 886. The number of piperidine rings is 1. The van der Waals surface area contributed by atoms with Crippen molar-refractivity contribution in [2.24, 2.45) is 5.92 Å². The number of anilines is 1. The van der Waals surface area contributed by atoms with Gasteiger partial charge in [-0.15, -0.1) is 10.2 Å². The van der Waals surface area contributed by atoms with E-state index in [-0.39, 0.29) is 11.8 Å². The average Bonchev–Trinajstić information content (AvgIpc) is 3.29. The molecule has 1 saturated heterocycles. The van der Waals surface area contributed by atoms with Gasteiger partial charge in [-0.2, -0.15) is 0 Å². The largest absolute Gasteiger partial charge is 0.463 e. The van der Waals surface area contributed by atoms with E-state index in [9.17, 15) is 4.79 Å². The summed E-state index contributed by atoms with van der Waals surface area (Å²) in [4.78, 5) is 16.8. The summed E-state index contributed by atoms with van der Waals surface area (Å²) in [6.07, 6.45) is 3.29. The normalized spacial score (nSPS) is 14.8. The first-order chi connectivity index (χ1) is 13.7. The number of aromatic nitrogens is 2. The highest BCUT2D eigenvalue weighted by Crippen LogP contribution is 2.25. The number of carbonyl (C=O) groups excluding carboxylic acids is 1. The zero-order valence-corrected chi connectivity index (χ0v) is 16.0. The third-order valence-corrected chi connectivity index (χ3v) is 5.23. The predicted molar refractivity (Wildman–Crippen MR) is 108 cm³/mol. The lowest BCUT2D eigenvalue weighted by atomic mass is 9.95. The molecule has 2 aromatic heterocycles. The van der Waals surface area contributed by atoms with Crippen LogP contribution < -0.4 is 4.90 Å². The molecule has 0 unspecified atom stereocenters. The molecule has 6 heteroatoms. The van der Waals surface area contributed by atoms with Crippen molar-refractivity contribution < 1.29 is 9.21 Å². The first-order valence-corrected chi connectivity index (χ1v) is 9.62. The van der Waals surface area contributed by atoms with E-state index in [0.717, 1.165) is 43.0 Å². The fourth-order valence-corrected chi connectivity index (χ4v) is 3.65. The van der Waals surface area contributed by atoms with Crippen molar-refractivity contribution in [3.63, 3.8) is 0 Å². The summed E-state index contributed by atoms with van der Waals surface area (Å²) in [6, 6.07) is 17.7. The van der Waals surface area contributed by atoms with E-state index in [4.69, 9.17) is 4.42 Å². The maximum atomic E-state index is 12.8. The standard InChI is InChI=1S/C22H24N4O2/c1-25(16-17-6-3-2-4-7-17)22(27)18-11-13-26(14-12-18)21-10-9-19(23-24-21)20-8-5-15-28-20/h2-10,15,18H,11-14,16H2,1H3. The molecule has 0 bridgehead atoms. The third-order valence-electron chi connectivity index (χ3n) is 5.23. The van der Waals surface area contributed by atoms with Gasteiger partial charge >= 0.3 is 0 Å². The second kappa shape index (κ2) is 8.25. The highest BCUT2D eigenvalue weighted by molar-refractivity contribution is 5.79. The minimum Gasteiger partial charge on any atom is -0.463 e. The molecule has 3 aromatic rings.